The SMILES string of the molecule is CCC(C)(C)N(C)CCOc1ccc(C(N)=NO)cc1. The first-order valence-corrected chi connectivity index (χ1v) is 6.82. The quantitative estimate of drug-likeness (QED) is 0.348. The highest BCUT2D eigenvalue weighted by atomic mass is 16.5. The summed E-state index contributed by atoms with van der Waals surface area (Å²) in [7, 11) is 2.11. The molecule has 0 heterocycles. The van der Waals surface area contributed by atoms with Gasteiger partial charge in [-0.2, -0.15) is 0 Å². The van der Waals surface area contributed by atoms with Crippen molar-refractivity contribution in [2.75, 3.05) is 20.2 Å². The van der Waals surface area contributed by atoms with Gasteiger partial charge in [0, 0.05) is 17.6 Å². The van der Waals surface area contributed by atoms with Gasteiger partial charge < -0.3 is 15.7 Å². The molecule has 20 heavy (non-hydrogen) atoms. The van der Waals surface area contributed by atoms with Gasteiger partial charge >= 0.3 is 0 Å². The first-order chi connectivity index (χ1) is 9.40. The highest BCUT2D eigenvalue weighted by Gasteiger charge is 2.20. The van der Waals surface area contributed by atoms with Gasteiger partial charge in [0.1, 0.15) is 12.4 Å². The van der Waals surface area contributed by atoms with Crippen LogP contribution in [0.2, 0.25) is 0 Å². The van der Waals surface area contributed by atoms with E-state index in [2.05, 4.69) is 37.9 Å². The lowest BCUT2D eigenvalue weighted by Gasteiger charge is -2.34. The number of oxime groups is 1. The third kappa shape index (κ3) is 4.42. The zero-order chi connectivity index (χ0) is 15.2. The van der Waals surface area contributed by atoms with E-state index >= 15 is 0 Å². The average molecular weight is 279 g/mol. The number of rotatable bonds is 7. The van der Waals surface area contributed by atoms with Gasteiger partial charge in [0.05, 0.1) is 0 Å². The van der Waals surface area contributed by atoms with Crippen LogP contribution in [0, 0.1) is 0 Å². The topological polar surface area (TPSA) is 71.1 Å². The van der Waals surface area contributed by atoms with E-state index in [4.69, 9.17) is 15.7 Å². The fraction of sp³-hybridized carbons (Fsp3) is 0.533. The Bertz CT molecular complexity index is 441. The summed E-state index contributed by atoms with van der Waals surface area (Å²) in [5.41, 5.74) is 6.35. The fourth-order valence-electron chi connectivity index (χ4n) is 1.65. The van der Waals surface area contributed by atoms with Crippen molar-refractivity contribution in [1.82, 2.24) is 4.90 Å². The Morgan fingerprint density at radius 3 is 2.45 bits per heavy atom. The van der Waals surface area contributed by atoms with Crippen LogP contribution in [-0.2, 0) is 0 Å². The van der Waals surface area contributed by atoms with Crippen LogP contribution in [0.3, 0.4) is 0 Å². The lowest BCUT2D eigenvalue weighted by molar-refractivity contribution is 0.125. The summed E-state index contributed by atoms with van der Waals surface area (Å²) in [6.07, 6.45) is 1.10. The van der Waals surface area contributed by atoms with Crippen LogP contribution in [0.25, 0.3) is 0 Å². The van der Waals surface area contributed by atoms with Crippen molar-refractivity contribution in [3.05, 3.63) is 29.8 Å². The first kappa shape index (κ1) is 16.3. The lowest BCUT2D eigenvalue weighted by atomic mass is 10.0. The highest BCUT2D eigenvalue weighted by molar-refractivity contribution is 5.97. The molecule has 0 radical (unpaired) electrons. The number of nitrogens with two attached hydrogens (primary N) is 1. The molecule has 0 atom stereocenters. The van der Waals surface area contributed by atoms with Crippen molar-refractivity contribution in [2.45, 2.75) is 32.7 Å². The van der Waals surface area contributed by atoms with Gasteiger partial charge in [-0.15, -0.1) is 0 Å². The van der Waals surface area contributed by atoms with Crippen LogP contribution in [-0.4, -0.2) is 41.7 Å². The third-order valence-electron chi connectivity index (χ3n) is 3.85. The predicted octanol–water partition coefficient (Wildman–Crippen LogP) is 2.28. The number of likely N-dealkylation sites (N-methyl/N-ethyl adjacent to an activating group) is 1. The molecule has 5 heteroatoms. The van der Waals surface area contributed by atoms with Crippen LogP contribution in [0.1, 0.15) is 32.8 Å². The van der Waals surface area contributed by atoms with Crippen molar-refractivity contribution < 1.29 is 9.94 Å². The lowest BCUT2D eigenvalue weighted by Crippen LogP contribution is -2.42. The summed E-state index contributed by atoms with van der Waals surface area (Å²) in [6, 6.07) is 7.17. The molecule has 0 aliphatic carbocycles. The van der Waals surface area contributed by atoms with Crippen molar-refractivity contribution >= 4 is 5.84 Å². The molecule has 0 unspecified atom stereocenters. The minimum Gasteiger partial charge on any atom is -0.492 e. The molecule has 1 aromatic rings. The number of amidine groups is 1. The number of benzene rings is 1. The summed E-state index contributed by atoms with van der Waals surface area (Å²) < 4.78 is 5.70. The van der Waals surface area contributed by atoms with E-state index in [9.17, 15) is 0 Å². The van der Waals surface area contributed by atoms with Gasteiger partial charge in [0.25, 0.3) is 0 Å². The van der Waals surface area contributed by atoms with E-state index in [1.165, 1.54) is 0 Å². The van der Waals surface area contributed by atoms with Crippen molar-refractivity contribution in [2.24, 2.45) is 10.9 Å². The number of ether oxygens (including phenoxy) is 1. The molecular weight excluding hydrogens is 254 g/mol. The maximum atomic E-state index is 8.59. The number of hydrogen-bond acceptors (Lipinski definition) is 4. The van der Waals surface area contributed by atoms with Crippen LogP contribution in [0.5, 0.6) is 5.75 Å². The van der Waals surface area contributed by atoms with Crippen LogP contribution >= 0.6 is 0 Å². The zero-order valence-electron chi connectivity index (χ0n) is 12.8. The Hall–Kier alpha value is -1.75. The summed E-state index contributed by atoms with van der Waals surface area (Å²) in [5, 5.41) is 11.5. The molecule has 0 saturated carbocycles. The van der Waals surface area contributed by atoms with Crippen molar-refractivity contribution in [3.63, 3.8) is 0 Å². The molecule has 0 aliphatic rings. The second-order valence-corrected chi connectivity index (χ2v) is 5.45. The summed E-state index contributed by atoms with van der Waals surface area (Å²) in [5.74, 6) is 0.878. The standard InChI is InChI=1S/C15H25N3O2/c1-5-15(2,3)18(4)10-11-20-13-8-6-12(7-9-13)14(16)17-19/h6-9,19H,5,10-11H2,1-4H3,(H2,16,17). The van der Waals surface area contributed by atoms with E-state index in [1.54, 1.807) is 12.1 Å². The van der Waals surface area contributed by atoms with Crippen LogP contribution in [0.15, 0.2) is 29.4 Å². The van der Waals surface area contributed by atoms with Gasteiger partial charge in [0.15, 0.2) is 5.84 Å². The van der Waals surface area contributed by atoms with Crippen LogP contribution in [0.4, 0.5) is 0 Å². The molecule has 5 nitrogen and oxygen atoms in total. The summed E-state index contributed by atoms with van der Waals surface area (Å²) in [4.78, 5) is 2.29. The van der Waals surface area contributed by atoms with E-state index < -0.39 is 0 Å². The van der Waals surface area contributed by atoms with Gasteiger partial charge in [-0.25, -0.2) is 0 Å². The molecule has 0 aromatic heterocycles. The minimum atomic E-state index is 0.0981. The monoisotopic (exact) mass is 279 g/mol. The smallest absolute Gasteiger partial charge is 0.170 e. The van der Waals surface area contributed by atoms with Gasteiger partial charge in [-0.1, -0.05) is 12.1 Å². The molecule has 0 bridgehead atoms. The molecule has 0 fully saturated rings. The average Bonchev–Trinajstić information content (AvgIpc) is 2.47. The maximum absolute atomic E-state index is 8.59. The van der Waals surface area contributed by atoms with Gasteiger partial charge in [0.2, 0.25) is 0 Å². The normalized spacial score (nSPS) is 12.8. The molecular formula is C15H25N3O2. The van der Waals surface area contributed by atoms with E-state index in [0.29, 0.717) is 12.2 Å². The second kappa shape index (κ2) is 7.14. The van der Waals surface area contributed by atoms with Crippen molar-refractivity contribution in [1.29, 1.82) is 0 Å². The van der Waals surface area contributed by atoms with E-state index in [-0.39, 0.29) is 11.4 Å². The largest absolute Gasteiger partial charge is 0.492 e. The Morgan fingerprint density at radius 1 is 1.35 bits per heavy atom. The molecule has 112 valence electrons. The van der Waals surface area contributed by atoms with Crippen LogP contribution < -0.4 is 10.5 Å². The second-order valence-electron chi connectivity index (χ2n) is 5.45. The maximum Gasteiger partial charge on any atom is 0.170 e. The van der Waals surface area contributed by atoms with E-state index in [0.717, 1.165) is 18.7 Å². The number of nitrogens with zero attached hydrogens (tertiary/aromatic N) is 2. The molecule has 0 aliphatic heterocycles. The third-order valence-corrected chi connectivity index (χ3v) is 3.85. The first-order valence-electron chi connectivity index (χ1n) is 6.82. The summed E-state index contributed by atoms with van der Waals surface area (Å²) in [6.45, 7) is 8.12. The molecule has 0 saturated heterocycles. The Morgan fingerprint density at radius 2 is 1.95 bits per heavy atom. The highest BCUT2D eigenvalue weighted by Crippen LogP contribution is 2.16. The Balaban J connectivity index is 2.47. The van der Waals surface area contributed by atoms with Gasteiger partial charge in [-0.3, -0.25) is 4.90 Å². The molecule has 0 spiro atoms. The van der Waals surface area contributed by atoms with Crippen molar-refractivity contribution in [3.8, 4) is 5.75 Å². The molecule has 1 rings (SSSR count). The Labute approximate surface area is 121 Å². The Kier molecular flexibility index (Phi) is 5.82. The fourth-order valence-corrected chi connectivity index (χ4v) is 1.65. The molecule has 1 aromatic carbocycles. The van der Waals surface area contributed by atoms with E-state index in [1.807, 2.05) is 12.1 Å². The minimum absolute atomic E-state index is 0.0981. The van der Waals surface area contributed by atoms with Gasteiger partial charge in [-0.05, 0) is 51.6 Å². The molecule has 3 N–H and O–H groups in total. The molecule has 0 amide bonds. The zero-order valence-corrected chi connectivity index (χ0v) is 12.8. The predicted molar refractivity (Wildman–Crippen MR) is 81.4 cm³/mol. The summed E-state index contributed by atoms with van der Waals surface area (Å²) >= 11 is 0. The number of hydrogen-bond donors (Lipinski definition) is 2.